The molecule has 0 aromatic heterocycles. The number of nitrogens with two attached hydrogens (primary N) is 1. The zero-order valence-electron chi connectivity index (χ0n) is 14.3. The van der Waals surface area contributed by atoms with E-state index < -0.39 is 6.03 Å². The lowest BCUT2D eigenvalue weighted by molar-refractivity contribution is -0.120. The highest BCUT2D eigenvalue weighted by Crippen LogP contribution is 2.32. The van der Waals surface area contributed by atoms with Gasteiger partial charge in [0, 0.05) is 25.1 Å². The normalized spacial score (nSPS) is 14.2. The minimum atomic E-state index is -0.500. The van der Waals surface area contributed by atoms with E-state index in [1.165, 1.54) is 12.0 Å². The molecule has 4 amide bonds. The lowest BCUT2D eigenvalue weighted by atomic mass is 10.1. The first kappa shape index (κ1) is 18.7. The van der Waals surface area contributed by atoms with E-state index in [2.05, 4.69) is 10.6 Å². The number of rotatable bonds is 8. The minimum absolute atomic E-state index is 0.0913. The summed E-state index contributed by atoms with van der Waals surface area (Å²) in [6, 6.07) is 4.57. The number of carbonyl (C=O) groups excluding carboxylic acids is 3. The van der Waals surface area contributed by atoms with Gasteiger partial charge in [-0.15, -0.1) is 0 Å². The summed E-state index contributed by atoms with van der Waals surface area (Å²) in [7, 11) is 1.50. The van der Waals surface area contributed by atoms with Gasteiger partial charge in [0.1, 0.15) is 5.75 Å². The van der Waals surface area contributed by atoms with Crippen LogP contribution in [-0.4, -0.2) is 38.0 Å². The standard InChI is InChI=1S/C17H24N4O4/c1-25-14-7-6-12(19-15(22)5-3-2-4-9-18)11-13(14)21-10-8-16(23)20-17(21)24/h6-7,11H,2-5,8-10,18H2,1H3,(H,19,22)(H,20,23,24). The van der Waals surface area contributed by atoms with Gasteiger partial charge in [0.15, 0.2) is 0 Å². The van der Waals surface area contributed by atoms with Crippen LogP contribution >= 0.6 is 0 Å². The average Bonchev–Trinajstić information content (AvgIpc) is 2.59. The largest absolute Gasteiger partial charge is 0.495 e. The van der Waals surface area contributed by atoms with E-state index in [1.54, 1.807) is 18.2 Å². The predicted molar refractivity (Wildman–Crippen MR) is 94.6 cm³/mol. The van der Waals surface area contributed by atoms with Crippen molar-refractivity contribution < 1.29 is 19.1 Å². The Balaban J connectivity index is 2.07. The first-order valence-corrected chi connectivity index (χ1v) is 8.34. The van der Waals surface area contributed by atoms with Crippen molar-refractivity contribution in [1.82, 2.24) is 5.32 Å². The lowest BCUT2D eigenvalue weighted by Gasteiger charge is -2.28. The quantitative estimate of drug-likeness (QED) is 0.618. The molecule has 1 aliphatic heterocycles. The molecule has 0 unspecified atom stereocenters. The fourth-order valence-corrected chi connectivity index (χ4v) is 2.60. The number of ether oxygens (including phenoxy) is 1. The second-order valence-corrected chi connectivity index (χ2v) is 5.79. The summed E-state index contributed by atoms with van der Waals surface area (Å²) in [6.45, 7) is 0.890. The summed E-state index contributed by atoms with van der Waals surface area (Å²) in [6.07, 6.45) is 3.23. The first-order valence-electron chi connectivity index (χ1n) is 8.34. The number of unbranched alkanes of at least 4 members (excludes halogenated alkanes) is 2. The van der Waals surface area contributed by atoms with Crippen molar-refractivity contribution in [2.75, 3.05) is 30.4 Å². The van der Waals surface area contributed by atoms with Gasteiger partial charge in [-0.2, -0.15) is 0 Å². The Labute approximate surface area is 146 Å². The van der Waals surface area contributed by atoms with Crippen LogP contribution in [0.4, 0.5) is 16.2 Å². The van der Waals surface area contributed by atoms with Crippen LogP contribution in [0.3, 0.4) is 0 Å². The summed E-state index contributed by atoms with van der Waals surface area (Å²) in [4.78, 5) is 36.8. The monoisotopic (exact) mass is 348 g/mol. The van der Waals surface area contributed by atoms with Crippen molar-refractivity contribution in [1.29, 1.82) is 0 Å². The van der Waals surface area contributed by atoms with E-state index >= 15 is 0 Å². The molecule has 1 aromatic rings. The van der Waals surface area contributed by atoms with E-state index in [1.807, 2.05) is 0 Å². The molecule has 1 aliphatic rings. The van der Waals surface area contributed by atoms with Gasteiger partial charge in [0.2, 0.25) is 11.8 Å². The number of imide groups is 1. The summed E-state index contributed by atoms with van der Waals surface area (Å²) >= 11 is 0. The maximum Gasteiger partial charge on any atom is 0.328 e. The molecule has 0 atom stereocenters. The molecule has 0 saturated carbocycles. The van der Waals surface area contributed by atoms with E-state index in [-0.39, 0.29) is 24.8 Å². The molecule has 25 heavy (non-hydrogen) atoms. The zero-order valence-corrected chi connectivity index (χ0v) is 14.3. The lowest BCUT2D eigenvalue weighted by Crippen LogP contribution is -2.49. The molecule has 1 fully saturated rings. The molecule has 0 radical (unpaired) electrons. The molecular formula is C17H24N4O4. The molecule has 1 heterocycles. The van der Waals surface area contributed by atoms with Crippen LogP contribution in [-0.2, 0) is 9.59 Å². The van der Waals surface area contributed by atoms with E-state index in [4.69, 9.17) is 10.5 Å². The highest BCUT2D eigenvalue weighted by molar-refractivity contribution is 6.06. The van der Waals surface area contributed by atoms with Gasteiger partial charge in [-0.3, -0.25) is 19.8 Å². The Hall–Kier alpha value is -2.61. The van der Waals surface area contributed by atoms with Gasteiger partial charge >= 0.3 is 6.03 Å². The molecule has 0 spiro atoms. The number of hydrogen-bond acceptors (Lipinski definition) is 5. The molecule has 1 saturated heterocycles. The minimum Gasteiger partial charge on any atom is -0.495 e. The molecule has 1 aromatic carbocycles. The summed E-state index contributed by atoms with van der Waals surface area (Å²) in [5, 5.41) is 5.10. The van der Waals surface area contributed by atoms with Crippen molar-refractivity contribution in [3.05, 3.63) is 18.2 Å². The van der Waals surface area contributed by atoms with Crippen LogP contribution in [0.1, 0.15) is 32.1 Å². The first-order chi connectivity index (χ1) is 12.0. The number of methoxy groups -OCH3 is 1. The van der Waals surface area contributed by atoms with Crippen molar-refractivity contribution in [3.8, 4) is 5.75 Å². The maximum absolute atomic E-state index is 12.1. The number of amides is 4. The third kappa shape index (κ3) is 5.18. The average molecular weight is 348 g/mol. The van der Waals surface area contributed by atoms with Crippen molar-refractivity contribution in [2.45, 2.75) is 32.1 Å². The number of anilines is 2. The summed E-state index contributed by atoms with van der Waals surface area (Å²) < 4.78 is 5.29. The van der Waals surface area contributed by atoms with Gasteiger partial charge in [-0.1, -0.05) is 6.42 Å². The predicted octanol–water partition coefficient (Wildman–Crippen LogP) is 1.60. The van der Waals surface area contributed by atoms with Crippen molar-refractivity contribution in [2.24, 2.45) is 5.73 Å². The Kier molecular flexibility index (Phi) is 6.76. The van der Waals surface area contributed by atoms with Crippen molar-refractivity contribution >= 4 is 29.2 Å². The third-order valence-corrected chi connectivity index (χ3v) is 3.92. The molecule has 4 N–H and O–H groups in total. The molecule has 2 rings (SSSR count). The maximum atomic E-state index is 12.1. The fraction of sp³-hybridized carbons (Fsp3) is 0.471. The second-order valence-electron chi connectivity index (χ2n) is 5.79. The van der Waals surface area contributed by atoms with Crippen LogP contribution < -0.4 is 26.0 Å². The number of hydrogen-bond donors (Lipinski definition) is 3. The summed E-state index contributed by atoms with van der Waals surface area (Å²) in [5.41, 5.74) is 6.51. The number of nitrogens with zero attached hydrogens (tertiary/aromatic N) is 1. The third-order valence-electron chi connectivity index (χ3n) is 3.92. The van der Waals surface area contributed by atoms with Crippen molar-refractivity contribution in [3.63, 3.8) is 0 Å². The van der Waals surface area contributed by atoms with Crippen LogP contribution in [0.5, 0.6) is 5.75 Å². The highest BCUT2D eigenvalue weighted by Gasteiger charge is 2.26. The molecule has 8 heteroatoms. The number of benzene rings is 1. The van der Waals surface area contributed by atoms with Gasteiger partial charge < -0.3 is 15.8 Å². The van der Waals surface area contributed by atoms with Gasteiger partial charge in [0.05, 0.1) is 12.8 Å². The Morgan fingerprint density at radius 1 is 1.32 bits per heavy atom. The van der Waals surface area contributed by atoms with Gasteiger partial charge in [0.25, 0.3) is 0 Å². The van der Waals surface area contributed by atoms with E-state index in [0.717, 1.165) is 19.3 Å². The number of urea groups is 1. The zero-order chi connectivity index (χ0) is 18.2. The van der Waals surface area contributed by atoms with Crippen LogP contribution in [0.15, 0.2) is 18.2 Å². The fourth-order valence-electron chi connectivity index (χ4n) is 2.60. The SMILES string of the molecule is COc1ccc(NC(=O)CCCCCN)cc1N1CCC(=O)NC1=O. The molecule has 0 aliphatic carbocycles. The van der Waals surface area contributed by atoms with Crippen LogP contribution in [0, 0.1) is 0 Å². The molecular weight excluding hydrogens is 324 g/mol. The number of carbonyl (C=O) groups is 3. The summed E-state index contributed by atoms with van der Waals surface area (Å²) in [5.74, 6) is 0.0963. The smallest absolute Gasteiger partial charge is 0.328 e. The Bertz CT molecular complexity index is 648. The topological polar surface area (TPSA) is 114 Å². The van der Waals surface area contributed by atoms with E-state index in [9.17, 15) is 14.4 Å². The molecule has 8 nitrogen and oxygen atoms in total. The highest BCUT2D eigenvalue weighted by atomic mass is 16.5. The van der Waals surface area contributed by atoms with E-state index in [0.29, 0.717) is 30.1 Å². The van der Waals surface area contributed by atoms with Gasteiger partial charge in [-0.25, -0.2) is 4.79 Å². The van der Waals surface area contributed by atoms with Crippen LogP contribution in [0.25, 0.3) is 0 Å². The second kappa shape index (κ2) is 9.03. The molecule has 0 bridgehead atoms. The molecule has 136 valence electrons. The van der Waals surface area contributed by atoms with Crippen LogP contribution in [0.2, 0.25) is 0 Å². The number of nitrogens with one attached hydrogen (secondary N) is 2. The Morgan fingerprint density at radius 3 is 2.80 bits per heavy atom. The van der Waals surface area contributed by atoms with Gasteiger partial charge in [-0.05, 0) is 37.6 Å². The Morgan fingerprint density at radius 2 is 2.12 bits per heavy atom.